The number of aromatic nitrogens is 2. The third-order valence-electron chi connectivity index (χ3n) is 7.44. The fourth-order valence-corrected chi connectivity index (χ4v) is 5.40. The molecule has 0 atom stereocenters. The lowest BCUT2D eigenvalue weighted by molar-refractivity contribution is -0.133. The molecule has 2 aromatic rings. The summed E-state index contributed by atoms with van der Waals surface area (Å²) in [4.78, 5) is 29.1. The van der Waals surface area contributed by atoms with Crippen LogP contribution < -0.4 is 19.9 Å². The third kappa shape index (κ3) is 4.43. The number of anilines is 4. The van der Waals surface area contributed by atoms with Crippen LogP contribution in [0.1, 0.15) is 52.4 Å². The maximum Gasteiger partial charge on any atom is 0.272 e. The first-order chi connectivity index (χ1) is 16.3. The highest BCUT2D eigenvalue weighted by Gasteiger charge is 2.45. The summed E-state index contributed by atoms with van der Waals surface area (Å²) in [6.07, 6.45) is 8.34. The summed E-state index contributed by atoms with van der Waals surface area (Å²) in [5, 5.41) is 3.31. The Hall–Kier alpha value is -2.87. The number of carbonyl (C=O) groups excluding carboxylic acids is 1. The van der Waals surface area contributed by atoms with Crippen LogP contribution in [0.4, 0.5) is 23.1 Å². The molecule has 3 aliphatic rings. The zero-order chi connectivity index (χ0) is 23.9. The van der Waals surface area contributed by atoms with E-state index in [4.69, 9.17) is 9.72 Å². The van der Waals surface area contributed by atoms with Gasteiger partial charge in [-0.3, -0.25) is 9.69 Å². The molecule has 8 nitrogen and oxygen atoms in total. The summed E-state index contributed by atoms with van der Waals surface area (Å²) < 4.78 is 5.98. The standard InChI is InChI=1S/C26H36N6O2/c1-26(2)24(33)32(21-7-5-6-8-21)23-22(34-26)17-27-25(29-23)28-18-9-11-20(12-10-18)31-15-13-19(14-16-31)30(3)4/h9-12,17,19,21H,5-8,13-16H2,1-4H3,(H,27,28,29). The monoisotopic (exact) mass is 464 g/mol. The molecule has 1 amide bonds. The van der Waals surface area contributed by atoms with Crippen LogP contribution >= 0.6 is 0 Å². The van der Waals surface area contributed by atoms with Crippen LogP contribution in [0.15, 0.2) is 30.5 Å². The largest absolute Gasteiger partial charge is 0.472 e. The number of piperidine rings is 1. The maximum atomic E-state index is 13.2. The number of ether oxygens (including phenoxy) is 1. The Balaban J connectivity index is 1.32. The minimum absolute atomic E-state index is 0.0288. The molecule has 2 aliphatic heterocycles. The minimum atomic E-state index is -0.912. The van der Waals surface area contributed by atoms with E-state index >= 15 is 0 Å². The Labute approximate surface area is 202 Å². The third-order valence-corrected chi connectivity index (χ3v) is 7.44. The highest BCUT2D eigenvalue weighted by atomic mass is 16.5. The number of benzene rings is 1. The minimum Gasteiger partial charge on any atom is -0.472 e. The number of amides is 1. The van der Waals surface area contributed by atoms with E-state index in [0.29, 0.717) is 23.6 Å². The van der Waals surface area contributed by atoms with Crippen molar-refractivity contribution in [2.24, 2.45) is 0 Å². The molecule has 0 bridgehead atoms. The van der Waals surface area contributed by atoms with E-state index in [1.165, 1.54) is 18.5 Å². The molecule has 1 aromatic heterocycles. The topological polar surface area (TPSA) is 73.8 Å². The molecular formula is C26H36N6O2. The number of fused-ring (bicyclic) bond motifs is 1. The van der Waals surface area contributed by atoms with E-state index in [-0.39, 0.29) is 11.9 Å². The first-order valence-corrected chi connectivity index (χ1v) is 12.5. The highest BCUT2D eigenvalue weighted by molar-refractivity contribution is 6.02. The molecule has 1 saturated heterocycles. The second-order valence-corrected chi connectivity index (χ2v) is 10.5. The van der Waals surface area contributed by atoms with Crippen LogP contribution in [-0.2, 0) is 4.79 Å². The fraction of sp³-hybridized carbons (Fsp3) is 0.577. The van der Waals surface area contributed by atoms with Gasteiger partial charge >= 0.3 is 0 Å². The second-order valence-electron chi connectivity index (χ2n) is 10.5. The number of hydrogen-bond acceptors (Lipinski definition) is 7. The predicted octanol–water partition coefficient (Wildman–Crippen LogP) is 4.20. The van der Waals surface area contributed by atoms with Crippen LogP contribution in [0, 0.1) is 0 Å². The van der Waals surface area contributed by atoms with Crippen molar-refractivity contribution in [1.29, 1.82) is 0 Å². The van der Waals surface area contributed by atoms with Crippen molar-refractivity contribution in [3.05, 3.63) is 30.5 Å². The SMILES string of the molecule is CN(C)C1CCN(c2ccc(Nc3ncc4c(n3)N(C3CCCC3)C(=O)C(C)(C)O4)cc2)CC1. The molecular weight excluding hydrogens is 428 g/mol. The van der Waals surface area contributed by atoms with Gasteiger partial charge in [0, 0.05) is 36.5 Å². The first kappa shape index (κ1) is 22.9. The van der Waals surface area contributed by atoms with E-state index in [0.717, 1.165) is 44.5 Å². The number of hydrogen-bond donors (Lipinski definition) is 1. The van der Waals surface area contributed by atoms with Gasteiger partial charge in [-0.15, -0.1) is 0 Å². The van der Waals surface area contributed by atoms with Gasteiger partial charge in [-0.05, 0) is 77.9 Å². The highest BCUT2D eigenvalue weighted by Crippen LogP contribution is 2.40. The van der Waals surface area contributed by atoms with E-state index in [1.54, 1.807) is 6.20 Å². The van der Waals surface area contributed by atoms with Gasteiger partial charge in [0.25, 0.3) is 5.91 Å². The number of rotatable bonds is 5. The van der Waals surface area contributed by atoms with Crippen molar-refractivity contribution >= 4 is 29.0 Å². The lowest BCUT2D eigenvalue weighted by Gasteiger charge is -2.40. The van der Waals surface area contributed by atoms with Crippen LogP contribution in [0.3, 0.4) is 0 Å². The quantitative estimate of drug-likeness (QED) is 0.711. The molecule has 8 heteroatoms. The molecule has 2 fully saturated rings. The Morgan fingerprint density at radius 3 is 2.38 bits per heavy atom. The molecule has 5 rings (SSSR count). The molecule has 1 aliphatic carbocycles. The Morgan fingerprint density at radius 1 is 1.06 bits per heavy atom. The number of nitrogens with zero attached hydrogens (tertiary/aromatic N) is 5. The molecule has 1 N–H and O–H groups in total. The van der Waals surface area contributed by atoms with Gasteiger partial charge in [0.15, 0.2) is 17.2 Å². The predicted molar refractivity (Wildman–Crippen MR) is 135 cm³/mol. The van der Waals surface area contributed by atoms with Gasteiger partial charge in [-0.25, -0.2) is 4.98 Å². The normalized spacial score (nSPS) is 21.0. The van der Waals surface area contributed by atoms with Gasteiger partial charge in [0.2, 0.25) is 5.95 Å². The second kappa shape index (κ2) is 9.06. The van der Waals surface area contributed by atoms with E-state index in [9.17, 15) is 4.79 Å². The maximum absolute atomic E-state index is 13.2. The zero-order valence-corrected chi connectivity index (χ0v) is 20.8. The van der Waals surface area contributed by atoms with E-state index < -0.39 is 5.60 Å². The fourth-order valence-electron chi connectivity index (χ4n) is 5.40. The molecule has 0 unspecified atom stereocenters. The summed E-state index contributed by atoms with van der Waals surface area (Å²) in [6.45, 7) is 5.78. The first-order valence-electron chi connectivity index (χ1n) is 12.5. The van der Waals surface area contributed by atoms with Crippen molar-refractivity contribution in [3.8, 4) is 5.75 Å². The molecule has 182 valence electrons. The van der Waals surface area contributed by atoms with Crippen molar-refractivity contribution in [2.45, 2.75) is 70.1 Å². The summed E-state index contributed by atoms with van der Waals surface area (Å²) in [6, 6.07) is 9.27. The van der Waals surface area contributed by atoms with Gasteiger partial charge in [-0.2, -0.15) is 4.98 Å². The zero-order valence-electron chi connectivity index (χ0n) is 20.8. The lowest BCUT2D eigenvalue weighted by Crippen LogP contribution is -2.55. The van der Waals surface area contributed by atoms with Crippen LogP contribution in [0.2, 0.25) is 0 Å². The van der Waals surface area contributed by atoms with Crippen molar-refractivity contribution < 1.29 is 9.53 Å². The van der Waals surface area contributed by atoms with Gasteiger partial charge in [0.1, 0.15) is 0 Å². The molecule has 1 aromatic carbocycles. The summed E-state index contributed by atoms with van der Waals surface area (Å²) in [5.41, 5.74) is 1.25. The Bertz CT molecular complexity index is 1020. The van der Waals surface area contributed by atoms with Crippen molar-refractivity contribution in [2.75, 3.05) is 42.3 Å². The molecule has 0 radical (unpaired) electrons. The van der Waals surface area contributed by atoms with Gasteiger partial charge < -0.3 is 19.9 Å². The van der Waals surface area contributed by atoms with Crippen LogP contribution in [0.25, 0.3) is 0 Å². The van der Waals surface area contributed by atoms with Gasteiger partial charge in [0.05, 0.1) is 6.20 Å². The van der Waals surface area contributed by atoms with Crippen LogP contribution in [0.5, 0.6) is 5.75 Å². The molecule has 3 heterocycles. The number of carbonyl (C=O) groups is 1. The summed E-state index contributed by atoms with van der Waals surface area (Å²) in [7, 11) is 4.33. The van der Waals surface area contributed by atoms with Gasteiger partial charge in [-0.1, -0.05) is 12.8 Å². The molecule has 34 heavy (non-hydrogen) atoms. The van der Waals surface area contributed by atoms with Crippen molar-refractivity contribution in [3.63, 3.8) is 0 Å². The van der Waals surface area contributed by atoms with E-state index in [1.807, 2.05) is 18.7 Å². The van der Waals surface area contributed by atoms with Crippen LogP contribution in [-0.4, -0.2) is 65.6 Å². The van der Waals surface area contributed by atoms with Crippen molar-refractivity contribution in [1.82, 2.24) is 14.9 Å². The average Bonchev–Trinajstić information content (AvgIpc) is 3.35. The van der Waals surface area contributed by atoms with E-state index in [2.05, 4.69) is 58.5 Å². The Kier molecular flexibility index (Phi) is 6.10. The summed E-state index contributed by atoms with van der Waals surface area (Å²) >= 11 is 0. The summed E-state index contributed by atoms with van der Waals surface area (Å²) in [5.74, 6) is 1.59. The number of nitrogens with one attached hydrogen (secondary N) is 1. The lowest BCUT2D eigenvalue weighted by atomic mass is 10.0. The molecule has 1 saturated carbocycles. The molecule has 0 spiro atoms. The smallest absolute Gasteiger partial charge is 0.272 e. The average molecular weight is 465 g/mol. The Morgan fingerprint density at radius 2 is 1.74 bits per heavy atom.